The molecule has 0 aliphatic heterocycles. The van der Waals surface area contributed by atoms with E-state index in [4.69, 9.17) is 27.9 Å². The first-order valence-electron chi connectivity index (χ1n) is 10.8. The smallest absolute Gasteiger partial charge is 0.416 e. The van der Waals surface area contributed by atoms with E-state index in [0.717, 1.165) is 12.1 Å². The second-order valence-corrected chi connectivity index (χ2v) is 8.75. The Bertz CT molecular complexity index is 1440. The Hall–Kier alpha value is -3.82. The molecule has 0 radical (unpaired) electrons. The number of hydrogen-bond acceptors (Lipinski definition) is 4. The van der Waals surface area contributed by atoms with Crippen molar-refractivity contribution < 1.29 is 27.5 Å². The van der Waals surface area contributed by atoms with E-state index < -0.39 is 29.7 Å². The van der Waals surface area contributed by atoms with Crippen LogP contribution in [0.1, 0.15) is 22.8 Å². The van der Waals surface area contributed by atoms with E-state index in [-0.39, 0.29) is 16.3 Å². The van der Waals surface area contributed by atoms with Gasteiger partial charge >= 0.3 is 12.1 Å². The minimum Gasteiger partial charge on any atom is -0.449 e. The zero-order valence-corrected chi connectivity index (χ0v) is 20.6. The molecule has 11 heteroatoms. The van der Waals surface area contributed by atoms with Crippen molar-refractivity contribution in [3.63, 3.8) is 0 Å². The zero-order chi connectivity index (χ0) is 26.7. The van der Waals surface area contributed by atoms with Gasteiger partial charge in [-0.25, -0.2) is 9.48 Å². The fourth-order valence-corrected chi connectivity index (χ4v) is 3.66. The van der Waals surface area contributed by atoms with Gasteiger partial charge in [0.25, 0.3) is 5.91 Å². The third-order valence-corrected chi connectivity index (χ3v) is 5.86. The predicted octanol–water partition coefficient (Wildman–Crippen LogP) is 7.05. The Labute approximate surface area is 219 Å². The minimum absolute atomic E-state index is 0.0722. The van der Waals surface area contributed by atoms with E-state index in [1.807, 2.05) is 18.2 Å². The van der Waals surface area contributed by atoms with Crippen LogP contribution in [-0.4, -0.2) is 27.8 Å². The van der Waals surface area contributed by atoms with E-state index in [1.54, 1.807) is 36.4 Å². The van der Waals surface area contributed by atoms with Crippen LogP contribution in [-0.2, 0) is 15.7 Å². The van der Waals surface area contributed by atoms with Gasteiger partial charge in [0.1, 0.15) is 11.3 Å². The number of aromatic nitrogens is 2. The van der Waals surface area contributed by atoms with E-state index in [9.17, 15) is 22.8 Å². The number of ether oxygens (including phenoxy) is 1. The summed E-state index contributed by atoms with van der Waals surface area (Å²) in [6.07, 6.45) is -4.52. The molecule has 0 fully saturated rings. The molecule has 0 saturated carbocycles. The van der Waals surface area contributed by atoms with Crippen molar-refractivity contribution in [1.82, 2.24) is 9.78 Å². The van der Waals surface area contributed by atoms with Crippen molar-refractivity contribution in [3.8, 4) is 16.9 Å². The molecule has 6 nitrogen and oxygen atoms in total. The van der Waals surface area contributed by atoms with Crippen molar-refractivity contribution in [3.05, 3.63) is 100 Å². The van der Waals surface area contributed by atoms with Gasteiger partial charge in [0.15, 0.2) is 6.10 Å². The number of para-hydroxylation sites is 1. The molecule has 3 aromatic carbocycles. The summed E-state index contributed by atoms with van der Waals surface area (Å²) in [6.45, 7) is 1.29. The van der Waals surface area contributed by atoms with Gasteiger partial charge < -0.3 is 10.1 Å². The lowest BCUT2D eigenvalue weighted by Gasteiger charge is -2.15. The summed E-state index contributed by atoms with van der Waals surface area (Å²) in [4.78, 5) is 25.8. The van der Waals surface area contributed by atoms with Crippen LogP contribution in [0.15, 0.2) is 79.0 Å². The first-order chi connectivity index (χ1) is 17.5. The summed E-state index contributed by atoms with van der Waals surface area (Å²) in [5.74, 6) is -1.72. The highest BCUT2D eigenvalue weighted by Crippen LogP contribution is 2.34. The molecule has 1 amide bonds. The van der Waals surface area contributed by atoms with E-state index in [2.05, 4.69) is 10.4 Å². The van der Waals surface area contributed by atoms with Gasteiger partial charge in [-0.3, -0.25) is 4.79 Å². The standard InChI is InChI=1S/C26H18Cl2F3N3O3/c1-15(24(35)32-22-13-17(26(29,30)31)9-12-21(22)28)37-25(36)20-14-34(19-5-3-2-4-6-19)33-23(20)16-7-10-18(27)11-8-16/h2-15H,1H3,(H,32,35)/t15-/m0/s1. The molecule has 1 aromatic heterocycles. The van der Waals surface area contributed by atoms with Gasteiger partial charge in [0, 0.05) is 16.8 Å². The average Bonchev–Trinajstić information content (AvgIpc) is 3.31. The first-order valence-corrected chi connectivity index (χ1v) is 11.6. The number of rotatable bonds is 6. The van der Waals surface area contributed by atoms with Gasteiger partial charge in [-0.15, -0.1) is 0 Å². The summed E-state index contributed by atoms with van der Waals surface area (Å²) >= 11 is 11.9. The highest BCUT2D eigenvalue weighted by atomic mass is 35.5. The molecule has 1 N–H and O–H groups in total. The maximum absolute atomic E-state index is 13.1. The Kier molecular flexibility index (Phi) is 7.56. The lowest BCUT2D eigenvalue weighted by atomic mass is 10.1. The molecule has 0 aliphatic carbocycles. The van der Waals surface area contributed by atoms with Gasteiger partial charge in [0.05, 0.1) is 22.0 Å². The molecule has 37 heavy (non-hydrogen) atoms. The topological polar surface area (TPSA) is 73.2 Å². The third kappa shape index (κ3) is 6.12. The van der Waals surface area contributed by atoms with Crippen LogP contribution in [0.2, 0.25) is 10.0 Å². The number of carbonyl (C=O) groups excluding carboxylic acids is 2. The number of esters is 1. The number of hydrogen-bond donors (Lipinski definition) is 1. The maximum Gasteiger partial charge on any atom is 0.416 e. The molecule has 0 bridgehead atoms. The van der Waals surface area contributed by atoms with Gasteiger partial charge in [-0.05, 0) is 49.4 Å². The van der Waals surface area contributed by atoms with Crippen molar-refractivity contribution in [1.29, 1.82) is 0 Å². The number of anilines is 1. The van der Waals surface area contributed by atoms with Gasteiger partial charge in [-0.2, -0.15) is 18.3 Å². The molecule has 1 atom stereocenters. The van der Waals surface area contributed by atoms with Crippen LogP contribution < -0.4 is 5.32 Å². The molecule has 0 unspecified atom stereocenters. The van der Waals surface area contributed by atoms with Crippen molar-refractivity contribution >= 4 is 40.8 Å². The van der Waals surface area contributed by atoms with Crippen LogP contribution >= 0.6 is 23.2 Å². The summed E-state index contributed by atoms with van der Waals surface area (Å²) in [6, 6.07) is 18.2. The zero-order valence-electron chi connectivity index (χ0n) is 19.1. The normalized spacial score (nSPS) is 12.2. The Balaban J connectivity index is 1.58. The number of halogens is 5. The molecular weight excluding hydrogens is 530 g/mol. The fourth-order valence-electron chi connectivity index (χ4n) is 3.37. The fraction of sp³-hybridized carbons (Fsp3) is 0.115. The molecule has 4 aromatic rings. The summed E-state index contributed by atoms with van der Waals surface area (Å²) in [5.41, 5.74) is 0.378. The number of nitrogens with zero attached hydrogens (tertiary/aromatic N) is 2. The van der Waals surface area contributed by atoms with Crippen LogP contribution in [0.25, 0.3) is 16.9 Å². The van der Waals surface area contributed by atoms with Gasteiger partial charge in [0.2, 0.25) is 0 Å². The molecule has 0 aliphatic rings. The van der Waals surface area contributed by atoms with Crippen LogP contribution in [0.5, 0.6) is 0 Å². The van der Waals surface area contributed by atoms with Crippen LogP contribution in [0.4, 0.5) is 18.9 Å². The van der Waals surface area contributed by atoms with Crippen molar-refractivity contribution in [2.24, 2.45) is 0 Å². The second kappa shape index (κ2) is 10.7. The van der Waals surface area contributed by atoms with Crippen LogP contribution in [0.3, 0.4) is 0 Å². The van der Waals surface area contributed by atoms with Crippen molar-refractivity contribution in [2.75, 3.05) is 5.32 Å². The largest absolute Gasteiger partial charge is 0.449 e. The highest BCUT2D eigenvalue weighted by molar-refractivity contribution is 6.33. The molecule has 1 heterocycles. The van der Waals surface area contributed by atoms with E-state index in [1.165, 1.54) is 17.8 Å². The summed E-state index contributed by atoms with van der Waals surface area (Å²) in [7, 11) is 0. The Morgan fingerprint density at radius 1 is 1.00 bits per heavy atom. The van der Waals surface area contributed by atoms with E-state index in [0.29, 0.717) is 28.0 Å². The molecule has 0 spiro atoms. The number of nitrogens with one attached hydrogen (secondary N) is 1. The maximum atomic E-state index is 13.1. The van der Waals surface area contributed by atoms with E-state index >= 15 is 0 Å². The SMILES string of the molecule is C[C@H](OC(=O)c1cn(-c2ccccc2)nc1-c1ccc(Cl)cc1)C(=O)Nc1cc(C(F)(F)F)ccc1Cl. The molecule has 190 valence electrons. The lowest BCUT2D eigenvalue weighted by Crippen LogP contribution is -2.30. The minimum atomic E-state index is -4.63. The monoisotopic (exact) mass is 547 g/mol. The Morgan fingerprint density at radius 3 is 2.32 bits per heavy atom. The molecule has 4 rings (SSSR count). The summed E-state index contributed by atoms with van der Waals surface area (Å²) in [5, 5.41) is 7.18. The average molecular weight is 548 g/mol. The number of carbonyl (C=O) groups is 2. The highest BCUT2D eigenvalue weighted by Gasteiger charge is 2.31. The van der Waals surface area contributed by atoms with Crippen molar-refractivity contribution in [2.45, 2.75) is 19.2 Å². The number of amides is 1. The third-order valence-electron chi connectivity index (χ3n) is 5.28. The molecular formula is C26H18Cl2F3N3O3. The lowest BCUT2D eigenvalue weighted by molar-refractivity contribution is -0.137. The van der Waals surface area contributed by atoms with Gasteiger partial charge in [-0.1, -0.05) is 53.5 Å². The summed E-state index contributed by atoms with van der Waals surface area (Å²) < 4.78 is 46.0. The second-order valence-electron chi connectivity index (χ2n) is 7.91. The quantitative estimate of drug-likeness (QED) is 0.262. The Morgan fingerprint density at radius 2 is 1.68 bits per heavy atom. The number of alkyl halides is 3. The first kappa shape index (κ1) is 26.2. The van der Waals surface area contributed by atoms with Crippen LogP contribution in [0, 0.1) is 0 Å². The predicted molar refractivity (Wildman–Crippen MR) is 134 cm³/mol. The number of benzene rings is 3. The molecule has 0 saturated heterocycles.